The Morgan fingerprint density at radius 2 is 1.92 bits per heavy atom. The third-order valence-corrected chi connectivity index (χ3v) is 5.95. The number of thiazole rings is 1. The Balaban J connectivity index is 1.61. The van der Waals surface area contributed by atoms with Crippen molar-refractivity contribution in [1.82, 2.24) is 14.3 Å². The Morgan fingerprint density at radius 1 is 1.25 bits per heavy atom. The highest BCUT2D eigenvalue weighted by molar-refractivity contribution is 7.17. The monoisotopic (exact) mass is 349 g/mol. The van der Waals surface area contributed by atoms with Crippen LogP contribution in [0.5, 0.6) is 0 Å². The van der Waals surface area contributed by atoms with E-state index in [4.69, 9.17) is 9.47 Å². The normalized spacial score (nSPS) is 20.2. The van der Waals surface area contributed by atoms with Crippen molar-refractivity contribution in [2.24, 2.45) is 0 Å². The predicted octanol–water partition coefficient (Wildman–Crippen LogP) is 1.35. The van der Waals surface area contributed by atoms with Crippen LogP contribution in [0.15, 0.2) is 11.0 Å². The minimum Gasteiger partial charge on any atom is -0.347 e. The molecule has 0 atom stereocenters. The lowest BCUT2D eigenvalue weighted by molar-refractivity contribution is -0.181. The first kappa shape index (κ1) is 15.7. The first-order chi connectivity index (χ1) is 11.5. The molecule has 0 aliphatic carbocycles. The van der Waals surface area contributed by atoms with Gasteiger partial charge in [-0.05, 0) is 13.8 Å². The number of hydrogen-bond donors (Lipinski definition) is 0. The van der Waals surface area contributed by atoms with Crippen molar-refractivity contribution in [3.63, 3.8) is 0 Å². The number of nitrogens with zero attached hydrogens (tertiary/aromatic N) is 3. The maximum absolute atomic E-state index is 12.8. The number of likely N-dealkylation sites (tertiary alicyclic amines) is 1. The van der Waals surface area contributed by atoms with Gasteiger partial charge in [0, 0.05) is 42.7 Å². The van der Waals surface area contributed by atoms with Gasteiger partial charge in [-0.2, -0.15) is 0 Å². The number of hydrogen-bond acceptors (Lipinski definition) is 6. The maximum atomic E-state index is 12.8. The molecule has 1 amide bonds. The fourth-order valence-electron chi connectivity index (χ4n) is 3.33. The summed E-state index contributed by atoms with van der Waals surface area (Å²) in [5.41, 5.74) is 0.672. The third kappa shape index (κ3) is 2.37. The molecule has 0 unspecified atom stereocenters. The fraction of sp³-hybridized carbons (Fsp3) is 0.562. The number of aromatic nitrogens is 2. The molecule has 7 nitrogen and oxygen atoms in total. The van der Waals surface area contributed by atoms with E-state index < -0.39 is 5.79 Å². The summed E-state index contributed by atoms with van der Waals surface area (Å²) in [7, 11) is 0. The molecule has 0 radical (unpaired) electrons. The summed E-state index contributed by atoms with van der Waals surface area (Å²) in [6.45, 7) is 6.06. The SMILES string of the molecule is Cc1sc2ncc(C(=O)N3CCC4(CC3)OCCO4)c(=O)n2c1C. The van der Waals surface area contributed by atoms with E-state index in [-0.39, 0.29) is 17.0 Å². The van der Waals surface area contributed by atoms with Crippen LogP contribution in [0.4, 0.5) is 0 Å². The molecule has 0 N–H and O–H groups in total. The lowest BCUT2D eigenvalue weighted by Crippen LogP contribution is -2.48. The topological polar surface area (TPSA) is 73.1 Å². The molecule has 0 aromatic carbocycles. The summed E-state index contributed by atoms with van der Waals surface area (Å²) in [4.78, 5) is 33.1. The number of carbonyl (C=O) groups excluding carboxylic acids is 1. The maximum Gasteiger partial charge on any atom is 0.271 e. The fourth-order valence-corrected chi connectivity index (χ4v) is 4.26. The van der Waals surface area contributed by atoms with E-state index in [0.717, 1.165) is 10.6 Å². The molecule has 2 aromatic heterocycles. The smallest absolute Gasteiger partial charge is 0.271 e. The highest BCUT2D eigenvalue weighted by atomic mass is 32.1. The Labute approximate surface area is 142 Å². The lowest BCUT2D eigenvalue weighted by atomic mass is 10.0. The molecule has 0 saturated carbocycles. The molecule has 4 rings (SSSR count). The van der Waals surface area contributed by atoms with Gasteiger partial charge in [-0.25, -0.2) is 4.98 Å². The summed E-state index contributed by atoms with van der Waals surface area (Å²) in [6, 6.07) is 0. The second kappa shape index (κ2) is 5.65. The predicted molar refractivity (Wildman–Crippen MR) is 88.6 cm³/mol. The number of fused-ring (bicyclic) bond motifs is 1. The molecule has 4 heterocycles. The number of carbonyl (C=O) groups is 1. The lowest BCUT2D eigenvalue weighted by Gasteiger charge is -2.37. The molecule has 8 heteroatoms. The Kier molecular flexibility index (Phi) is 3.70. The molecule has 24 heavy (non-hydrogen) atoms. The third-order valence-electron chi connectivity index (χ3n) is 4.87. The highest BCUT2D eigenvalue weighted by Crippen LogP contribution is 2.31. The minimum absolute atomic E-state index is 0.123. The van der Waals surface area contributed by atoms with Gasteiger partial charge < -0.3 is 14.4 Å². The minimum atomic E-state index is -0.533. The summed E-state index contributed by atoms with van der Waals surface area (Å²) in [5, 5.41) is 0. The van der Waals surface area contributed by atoms with Gasteiger partial charge in [0.2, 0.25) is 0 Å². The molecule has 2 saturated heterocycles. The van der Waals surface area contributed by atoms with Crippen LogP contribution in [-0.2, 0) is 9.47 Å². The van der Waals surface area contributed by atoms with Crippen molar-refractivity contribution in [2.75, 3.05) is 26.3 Å². The Morgan fingerprint density at radius 3 is 2.58 bits per heavy atom. The van der Waals surface area contributed by atoms with Gasteiger partial charge in [0.15, 0.2) is 10.7 Å². The molecule has 2 aliphatic heterocycles. The Hall–Kier alpha value is -1.77. The Bertz CT molecular complexity index is 856. The van der Waals surface area contributed by atoms with Gasteiger partial charge in [0.1, 0.15) is 5.56 Å². The van der Waals surface area contributed by atoms with Crippen LogP contribution in [0.3, 0.4) is 0 Å². The molecule has 2 aromatic rings. The first-order valence-electron chi connectivity index (χ1n) is 8.06. The van der Waals surface area contributed by atoms with Crippen LogP contribution in [0, 0.1) is 13.8 Å². The van der Waals surface area contributed by atoms with Crippen molar-refractivity contribution >= 4 is 22.2 Å². The van der Waals surface area contributed by atoms with Crippen molar-refractivity contribution in [1.29, 1.82) is 0 Å². The van der Waals surface area contributed by atoms with Crippen molar-refractivity contribution in [3.05, 3.63) is 32.7 Å². The average molecular weight is 349 g/mol. The van der Waals surface area contributed by atoms with Crippen LogP contribution < -0.4 is 5.56 Å². The van der Waals surface area contributed by atoms with Crippen LogP contribution in [-0.4, -0.2) is 52.3 Å². The van der Waals surface area contributed by atoms with Crippen LogP contribution in [0.2, 0.25) is 0 Å². The van der Waals surface area contributed by atoms with E-state index in [2.05, 4.69) is 4.98 Å². The largest absolute Gasteiger partial charge is 0.347 e. The van der Waals surface area contributed by atoms with Gasteiger partial charge in [-0.15, -0.1) is 11.3 Å². The molecule has 2 fully saturated rings. The van der Waals surface area contributed by atoms with E-state index in [9.17, 15) is 9.59 Å². The number of piperidine rings is 1. The number of amides is 1. The first-order valence-corrected chi connectivity index (χ1v) is 8.87. The molecule has 0 bridgehead atoms. The van der Waals surface area contributed by atoms with E-state index in [1.165, 1.54) is 21.9 Å². The van der Waals surface area contributed by atoms with Gasteiger partial charge in [-0.1, -0.05) is 0 Å². The van der Waals surface area contributed by atoms with Crippen molar-refractivity contribution in [2.45, 2.75) is 32.5 Å². The highest BCUT2D eigenvalue weighted by Gasteiger charge is 2.41. The van der Waals surface area contributed by atoms with Crippen LogP contribution in [0.1, 0.15) is 33.8 Å². The molecule has 2 aliphatic rings. The number of rotatable bonds is 1. The van der Waals surface area contributed by atoms with Crippen LogP contribution in [0.25, 0.3) is 4.96 Å². The quantitative estimate of drug-likeness (QED) is 0.777. The van der Waals surface area contributed by atoms with E-state index >= 15 is 0 Å². The van der Waals surface area contributed by atoms with E-state index in [0.29, 0.717) is 44.1 Å². The summed E-state index contributed by atoms with van der Waals surface area (Å²) in [5.74, 6) is -0.798. The van der Waals surface area contributed by atoms with Gasteiger partial charge >= 0.3 is 0 Å². The number of ether oxygens (including phenoxy) is 2. The van der Waals surface area contributed by atoms with E-state index in [1.807, 2.05) is 13.8 Å². The zero-order valence-corrected chi connectivity index (χ0v) is 14.5. The zero-order valence-electron chi connectivity index (χ0n) is 13.7. The van der Waals surface area contributed by atoms with Crippen molar-refractivity contribution < 1.29 is 14.3 Å². The molecular weight excluding hydrogens is 330 g/mol. The summed E-state index contributed by atoms with van der Waals surface area (Å²) in [6.07, 6.45) is 2.67. The molecule has 128 valence electrons. The van der Waals surface area contributed by atoms with Gasteiger partial charge in [0.05, 0.1) is 13.2 Å². The standard InChI is InChI=1S/C16H19N3O4S/c1-10-11(2)24-15-17-9-12(14(21)19(10)15)13(20)18-5-3-16(4-6-18)22-7-8-23-16/h9H,3-8H2,1-2H3. The van der Waals surface area contributed by atoms with Crippen molar-refractivity contribution in [3.8, 4) is 0 Å². The van der Waals surface area contributed by atoms with Gasteiger partial charge in [-0.3, -0.25) is 14.0 Å². The summed E-state index contributed by atoms with van der Waals surface area (Å²) >= 11 is 1.46. The van der Waals surface area contributed by atoms with Crippen LogP contribution >= 0.6 is 11.3 Å². The second-order valence-corrected chi connectivity index (χ2v) is 7.42. The summed E-state index contributed by atoms with van der Waals surface area (Å²) < 4.78 is 12.9. The average Bonchev–Trinajstić information content (AvgIpc) is 3.14. The molecular formula is C16H19N3O4S. The molecule has 1 spiro atoms. The zero-order chi connectivity index (χ0) is 16.9. The van der Waals surface area contributed by atoms with E-state index in [1.54, 1.807) is 4.90 Å². The second-order valence-electron chi connectivity index (χ2n) is 6.24. The number of aryl methyl sites for hydroxylation is 2. The van der Waals surface area contributed by atoms with Gasteiger partial charge in [0.25, 0.3) is 11.5 Å².